The number of nitrogens with one attached hydrogen (secondary N) is 1. The second-order valence-corrected chi connectivity index (χ2v) is 7.74. The molecule has 3 N–H and O–H groups in total. The molecule has 0 fully saturated rings. The first-order valence-electron chi connectivity index (χ1n) is 11.0. The maximum absolute atomic E-state index is 13.2. The molecule has 8 heteroatoms. The van der Waals surface area contributed by atoms with Crippen molar-refractivity contribution in [2.75, 3.05) is 7.11 Å². The highest BCUT2D eigenvalue weighted by molar-refractivity contribution is 6.02. The number of pyridine rings is 1. The second-order valence-electron chi connectivity index (χ2n) is 7.74. The van der Waals surface area contributed by atoms with Crippen LogP contribution in [-0.2, 0) is 6.54 Å². The van der Waals surface area contributed by atoms with Gasteiger partial charge in [0, 0.05) is 11.9 Å². The molecule has 3 aromatic rings. The number of para-hydroxylation sites is 1. The minimum Gasteiger partial charge on any atom is -0.506 e. The van der Waals surface area contributed by atoms with Gasteiger partial charge in [0.05, 0.1) is 18.8 Å². The van der Waals surface area contributed by atoms with Crippen molar-refractivity contribution in [2.45, 2.75) is 45.6 Å². The molecular weight excluding hydrogens is 422 g/mol. The van der Waals surface area contributed by atoms with Crippen LogP contribution in [0.1, 0.15) is 54.9 Å². The zero-order chi connectivity index (χ0) is 23.8. The van der Waals surface area contributed by atoms with E-state index in [-0.39, 0.29) is 22.8 Å². The van der Waals surface area contributed by atoms with Gasteiger partial charge in [-0.2, -0.15) is 5.10 Å². The van der Waals surface area contributed by atoms with Crippen LogP contribution in [0.25, 0.3) is 10.9 Å². The molecule has 0 aliphatic heterocycles. The molecule has 174 valence electrons. The quantitative estimate of drug-likeness (QED) is 0.243. The Hall–Kier alpha value is -3.81. The predicted octanol–water partition coefficient (Wildman–Crippen LogP) is 4.16. The summed E-state index contributed by atoms with van der Waals surface area (Å²) in [5.41, 5.74) is 2.57. The highest BCUT2D eigenvalue weighted by Crippen LogP contribution is 2.27. The fourth-order valence-electron chi connectivity index (χ4n) is 3.69. The van der Waals surface area contributed by atoms with Crippen molar-refractivity contribution < 1.29 is 19.7 Å². The Labute approximate surface area is 192 Å². The van der Waals surface area contributed by atoms with Gasteiger partial charge >= 0.3 is 0 Å². The highest BCUT2D eigenvalue weighted by Gasteiger charge is 2.21. The Morgan fingerprint density at radius 1 is 1.12 bits per heavy atom. The third kappa shape index (κ3) is 5.52. The minimum absolute atomic E-state index is 0.0185. The summed E-state index contributed by atoms with van der Waals surface area (Å²) >= 11 is 0. The van der Waals surface area contributed by atoms with E-state index in [0.29, 0.717) is 23.0 Å². The van der Waals surface area contributed by atoms with Crippen molar-refractivity contribution in [3.05, 3.63) is 63.9 Å². The molecular formula is C25H29N3O5. The summed E-state index contributed by atoms with van der Waals surface area (Å²) in [6.45, 7) is 2.60. The lowest BCUT2D eigenvalue weighted by atomic mass is 10.1. The molecule has 8 nitrogen and oxygen atoms in total. The van der Waals surface area contributed by atoms with Crippen LogP contribution in [0, 0.1) is 0 Å². The molecule has 3 rings (SSSR count). The topological polar surface area (TPSA) is 113 Å². The van der Waals surface area contributed by atoms with Crippen LogP contribution >= 0.6 is 0 Å². The average molecular weight is 452 g/mol. The predicted molar refractivity (Wildman–Crippen MR) is 128 cm³/mol. The second kappa shape index (κ2) is 11.2. The molecule has 1 heterocycles. The summed E-state index contributed by atoms with van der Waals surface area (Å²) < 4.78 is 6.59. The van der Waals surface area contributed by atoms with Crippen LogP contribution in [-0.4, -0.2) is 34.0 Å². The van der Waals surface area contributed by atoms with Crippen molar-refractivity contribution in [1.82, 2.24) is 9.99 Å². The molecule has 0 bridgehead atoms. The Kier molecular flexibility index (Phi) is 8.07. The number of aromatic nitrogens is 1. The van der Waals surface area contributed by atoms with Gasteiger partial charge in [-0.05, 0) is 42.3 Å². The largest absolute Gasteiger partial charge is 0.506 e. The van der Waals surface area contributed by atoms with E-state index in [0.717, 1.165) is 32.1 Å². The number of methoxy groups -OCH3 is 1. The molecule has 2 aromatic carbocycles. The number of unbranched alkanes of at least 4 members (excludes halogenated alkanes) is 4. The number of benzene rings is 2. The Bertz CT molecular complexity index is 1220. The number of aromatic hydroxyl groups is 2. The lowest BCUT2D eigenvalue weighted by Crippen LogP contribution is -2.31. The summed E-state index contributed by atoms with van der Waals surface area (Å²) in [7, 11) is 1.43. The maximum Gasteiger partial charge on any atom is 0.280 e. The number of ether oxygens (including phenoxy) is 1. The summed E-state index contributed by atoms with van der Waals surface area (Å²) in [6, 6.07) is 11.6. The van der Waals surface area contributed by atoms with E-state index < -0.39 is 11.5 Å². The number of carbonyl (C=O) groups excluding carboxylic acids is 1. The molecule has 33 heavy (non-hydrogen) atoms. The van der Waals surface area contributed by atoms with Crippen LogP contribution in [0.2, 0.25) is 0 Å². The highest BCUT2D eigenvalue weighted by atomic mass is 16.5. The molecule has 0 atom stereocenters. The first kappa shape index (κ1) is 23.8. The van der Waals surface area contributed by atoms with Crippen LogP contribution < -0.4 is 15.7 Å². The van der Waals surface area contributed by atoms with Gasteiger partial charge in [0.1, 0.15) is 11.3 Å². The zero-order valence-electron chi connectivity index (χ0n) is 18.9. The van der Waals surface area contributed by atoms with E-state index in [1.54, 1.807) is 41.0 Å². The number of aryl methyl sites for hydroxylation is 1. The zero-order valence-corrected chi connectivity index (χ0v) is 18.9. The lowest BCUT2D eigenvalue weighted by Gasteiger charge is -2.14. The smallest absolute Gasteiger partial charge is 0.280 e. The minimum atomic E-state index is -0.801. The Morgan fingerprint density at radius 2 is 1.88 bits per heavy atom. The number of amides is 1. The van der Waals surface area contributed by atoms with Crippen molar-refractivity contribution in [3.63, 3.8) is 0 Å². The van der Waals surface area contributed by atoms with Crippen molar-refractivity contribution in [2.24, 2.45) is 5.10 Å². The van der Waals surface area contributed by atoms with E-state index in [4.69, 9.17) is 4.74 Å². The maximum atomic E-state index is 13.2. The van der Waals surface area contributed by atoms with Gasteiger partial charge < -0.3 is 19.5 Å². The number of hydrogen-bond acceptors (Lipinski definition) is 6. The summed E-state index contributed by atoms with van der Waals surface area (Å²) in [6.07, 6.45) is 6.50. The third-order valence-electron chi connectivity index (χ3n) is 5.44. The molecule has 1 amide bonds. The van der Waals surface area contributed by atoms with Gasteiger partial charge in [-0.1, -0.05) is 44.7 Å². The first-order chi connectivity index (χ1) is 16.0. The van der Waals surface area contributed by atoms with Gasteiger partial charge in [-0.25, -0.2) is 5.43 Å². The van der Waals surface area contributed by atoms with Crippen molar-refractivity contribution in [3.8, 4) is 17.2 Å². The lowest BCUT2D eigenvalue weighted by molar-refractivity contribution is 0.0950. The van der Waals surface area contributed by atoms with E-state index >= 15 is 0 Å². The SMILES string of the molecule is CCCCCCCn1c(=O)c(C(=O)N/N=C\c2ccc(O)c(OC)c2)c(O)c2ccccc21. The molecule has 0 spiro atoms. The number of phenolic OH excluding ortho intramolecular Hbond substituents is 1. The number of fused-ring (bicyclic) bond motifs is 1. The fourth-order valence-corrected chi connectivity index (χ4v) is 3.69. The normalized spacial score (nSPS) is 11.2. The molecule has 0 aliphatic carbocycles. The number of phenols is 1. The van der Waals surface area contributed by atoms with Crippen LogP contribution in [0.15, 0.2) is 52.4 Å². The number of hydrogen-bond donors (Lipinski definition) is 3. The van der Waals surface area contributed by atoms with E-state index in [1.165, 1.54) is 19.4 Å². The molecule has 0 aliphatic rings. The molecule has 0 radical (unpaired) electrons. The summed E-state index contributed by atoms with van der Waals surface area (Å²) in [5, 5.41) is 24.7. The standard InChI is InChI=1S/C25H29N3O5/c1-3-4-5-6-9-14-28-19-11-8-7-10-18(19)23(30)22(25(28)32)24(31)27-26-16-17-12-13-20(29)21(15-17)33-2/h7-8,10-13,15-16,29-30H,3-6,9,14H2,1-2H3,(H,27,31)/b26-16-. The van der Waals surface area contributed by atoms with E-state index in [9.17, 15) is 19.8 Å². The monoisotopic (exact) mass is 451 g/mol. The first-order valence-corrected chi connectivity index (χ1v) is 11.0. The van der Waals surface area contributed by atoms with Crippen LogP contribution in [0.3, 0.4) is 0 Å². The molecule has 1 aromatic heterocycles. The Balaban J connectivity index is 1.87. The molecule has 0 saturated heterocycles. The number of hydrazone groups is 1. The average Bonchev–Trinajstić information content (AvgIpc) is 2.82. The Morgan fingerprint density at radius 3 is 2.64 bits per heavy atom. The molecule has 0 saturated carbocycles. The van der Waals surface area contributed by atoms with Gasteiger partial charge in [0.15, 0.2) is 11.5 Å². The van der Waals surface area contributed by atoms with Crippen LogP contribution in [0.5, 0.6) is 17.2 Å². The van der Waals surface area contributed by atoms with E-state index in [1.807, 2.05) is 0 Å². The summed E-state index contributed by atoms with van der Waals surface area (Å²) in [4.78, 5) is 26.0. The molecule has 0 unspecified atom stereocenters. The van der Waals surface area contributed by atoms with Gasteiger partial charge in [-0.3, -0.25) is 9.59 Å². The van der Waals surface area contributed by atoms with Crippen molar-refractivity contribution >= 4 is 23.0 Å². The number of rotatable bonds is 10. The third-order valence-corrected chi connectivity index (χ3v) is 5.44. The fraction of sp³-hybridized carbons (Fsp3) is 0.320. The van der Waals surface area contributed by atoms with Gasteiger partial charge in [0.25, 0.3) is 11.5 Å². The van der Waals surface area contributed by atoms with Gasteiger partial charge in [0.2, 0.25) is 0 Å². The number of nitrogens with zero attached hydrogens (tertiary/aromatic N) is 2. The summed E-state index contributed by atoms with van der Waals surface area (Å²) in [5.74, 6) is -0.920. The van der Waals surface area contributed by atoms with E-state index in [2.05, 4.69) is 17.5 Å². The van der Waals surface area contributed by atoms with Crippen LogP contribution in [0.4, 0.5) is 0 Å². The van der Waals surface area contributed by atoms with Gasteiger partial charge in [-0.15, -0.1) is 0 Å². The van der Waals surface area contributed by atoms with Crippen molar-refractivity contribution in [1.29, 1.82) is 0 Å². The number of carbonyl (C=O) groups is 1.